The molecule has 100 valence electrons. The Kier molecular flexibility index (Phi) is 3.44. The first-order valence-electron chi connectivity index (χ1n) is 6.62. The lowest BCUT2D eigenvalue weighted by Gasteiger charge is -2.16. The standard InChI is InChI=1S/C16H19NOS/c1-10-6-15(19-11(10)2)16(17-3)12-4-5-13-8-18-9-14(13)7-12/h4-7,16-17H,8-9H2,1-3H3. The highest BCUT2D eigenvalue weighted by Crippen LogP contribution is 2.32. The fraction of sp³-hybridized carbons (Fsp3) is 0.375. The third-order valence-corrected chi connectivity index (χ3v) is 5.05. The van der Waals surface area contributed by atoms with Gasteiger partial charge < -0.3 is 10.1 Å². The van der Waals surface area contributed by atoms with Gasteiger partial charge in [0.05, 0.1) is 19.3 Å². The molecule has 0 saturated carbocycles. The van der Waals surface area contributed by atoms with Crippen LogP contribution in [0.2, 0.25) is 0 Å². The van der Waals surface area contributed by atoms with Gasteiger partial charge in [-0.3, -0.25) is 0 Å². The quantitative estimate of drug-likeness (QED) is 0.920. The molecule has 1 aliphatic heterocycles. The molecule has 2 nitrogen and oxygen atoms in total. The van der Waals surface area contributed by atoms with Crippen LogP contribution < -0.4 is 5.32 Å². The minimum atomic E-state index is 0.281. The van der Waals surface area contributed by atoms with E-state index in [2.05, 4.69) is 43.4 Å². The van der Waals surface area contributed by atoms with E-state index in [-0.39, 0.29) is 6.04 Å². The Bertz CT molecular complexity index is 583. The summed E-state index contributed by atoms with van der Waals surface area (Å²) in [6, 6.07) is 9.29. The van der Waals surface area contributed by atoms with Crippen LogP contribution in [0.3, 0.4) is 0 Å². The van der Waals surface area contributed by atoms with E-state index in [9.17, 15) is 0 Å². The molecule has 1 aliphatic rings. The van der Waals surface area contributed by atoms with Crippen LogP contribution >= 0.6 is 11.3 Å². The van der Waals surface area contributed by atoms with Gasteiger partial charge in [-0.2, -0.15) is 0 Å². The van der Waals surface area contributed by atoms with Gasteiger partial charge in [-0.15, -0.1) is 11.3 Å². The number of nitrogens with one attached hydrogen (secondary N) is 1. The molecule has 0 fully saturated rings. The number of hydrogen-bond acceptors (Lipinski definition) is 3. The van der Waals surface area contributed by atoms with Crippen LogP contribution in [0, 0.1) is 13.8 Å². The second-order valence-electron chi connectivity index (χ2n) is 5.13. The Morgan fingerprint density at radius 3 is 2.63 bits per heavy atom. The molecule has 2 aromatic rings. The molecule has 19 heavy (non-hydrogen) atoms. The third-order valence-electron chi connectivity index (χ3n) is 3.84. The van der Waals surface area contributed by atoms with Crippen molar-refractivity contribution in [1.82, 2.24) is 5.32 Å². The highest BCUT2D eigenvalue weighted by Gasteiger charge is 2.18. The van der Waals surface area contributed by atoms with E-state index in [1.165, 1.54) is 32.0 Å². The number of rotatable bonds is 3. The van der Waals surface area contributed by atoms with Crippen LogP contribution in [0.5, 0.6) is 0 Å². The van der Waals surface area contributed by atoms with Crippen LogP contribution in [0.1, 0.15) is 38.0 Å². The summed E-state index contributed by atoms with van der Waals surface area (Å²) >= 11 is 1.88. The second kappa shape index (κ2) is 5.08. The van der Waals surface area contributed by atoms with E-state index >= 15 is 0 Å². The Morgan fingerprint density at radius 1 is 1.16 bits per heavy atom. The largest absolute Gasteiger partial charge is 0.372 e. The molecule has 1 aromatic carbocycles. The highest BCUT2D eigenvalue weighted by atomic mass is 32.1. The Labute approximate surface area is 118 Å². The van der Waals surface area contributed by atoms with Gasteiger partial charge in [0.2, 0.25) is 0 Å². The molecule has 0 saturated heterocycles. The van der Waals surface area contributed by atoms with Crippen LogP contribution in [-0.4, -0.2) is 7.05 Å². The zero-order chi connectivity index (χ0) is 13.4. The molecular formula is C16H19NOS. The van der Waals surface area contributed by atoms with E-state index in [0.29, 0.717) is 0 Å². The van der Waals surface area contributed by atoms with Crippen molar-refractivity contribution in [2.75, 3.05) is 7.05 Å². The molecule has 1 unspecified atom stereocenters. The van der Waals surface area contributed by atoms with Crippen molar-refractivity contribution < 1.29 is 4.74 Å². The average molecular weight is 273 g/mol. The van der Waals surface area contributed by atoms with Gasteiger partial charge in [0.1, 0.15) is 0 Å². The normalized spacial score (nSPS) is 15.5. The smallest absolute Gasteiger partial charge is 0.0725 e. The Morgan fingerprint density at radius 2 is 1.95 bits per heavy atom. The van der Waals surface area contributed by atoms with E-state index < -0.39 is 0 Å². The monoisotopic (exact) mass is 273 g/mol. The predicted octanol–water partition coefficient (Wildman–Crippen LogP) is 3.70. The predicted molar refractivity (Wildman–Crippen MR) is 79.6 cm³/mol. The van der Waals surface area contributed by atoms with Crippen molar-refractivity contribution >= 4 is 11.3 Å². The number of fused-ring (bicyclic) bond motifs is 1. The summed E-state index contributed by atoms with van der Waals surface area (Å²) in [5.74, 6) is 0. The Hall–Kier alpha value is -1.16. The third kappa shape index (κ3) is 2.34. The summed E-state index contributed by atoms with van der Waals surface area (Å²) in [4.78, 5) is 2.79. The number of thiophene rings is 1. The lowest BCUT2D eigenvalue weighted by molar-refractivity contribution is 0.134. The topological polar surface area (TPSA) is 21.3 Å². The molecule has 0 bridgehead atoms. The highest BCUT2D eigenvalue weighted by molar-refractivity contribution is 7.12. The molecule has 0 amide bonds. The first-order valence-corrected chi connectivity index (χ1v) is 7.44. The van der Waals surface area contributed by atoms with Gasteiger partial charge in [0, 0.05) is 9.75 Å². The fourth-order valence-corrected chi connectivity index (χ4v) is 3.77. The number of hydrogen-bond donors (Lipinski definition) is 1. The molecule has 0 radical (unpaired) electrons. The van der Waals surface area contributed by atoms with Crippen LogP contribution in [0.4, 0.5) is 0 Å². The van der Waals surface area contributed by atoms with Crippen LogP contribution in [0.15, 0.2) is 24.3 Å². The van der Waals surface area contributed by atoms with Crippen molar-refractivity contribution in [3.05, 3.63) is 56.3 Å². The second-order valence-corrected chi connectivity index (χ2v) is 6.42. The first kappa shape index (κ1) is 12.9. The number of ether oxygens (including phenoxy) is 1. The summed E-state index contributed by atoms with van der Waals surface area (Å²) in [5, 5.41) is 3.44. The van der Waals surface area contributed by atoms with Crippen molar-refractivity contribution in [1.29, 1.82) is 0 Å². The zero-order valence-corrected chi connectivity index (χ0v) is 12.4. The fourth-order valence-electron chi connectivity index (χ4n) is 2.59. The van der Waals surface area contributed by atoms with Crippen molar-refractivity contribution in [2.24, 2.45) is 0 Å². The van der Waals surface area contributed by atoms with E-state index in [1.54, 1.807) is 0 Å². The molecule has 2 heterocycles. The minimum Gasteiger partial charge on any atom is -0.372 e. The number of aryl methyl sites for hydroxylation is 2. The molecule has 3 heteroatoms. The molecular weight excluding hydrogens is 254 g/mol. The van der Waals surface area contributed by atoms with Gasteiger partial charge in [0.25, 0.3) is 0 Å². The molecule has 1 aromatic heterocycles. The van der Waals surface area contributed by atoms with Crippen molar-refractivity contribution in [3.63, 3.8) is 0 Å². The van der Waals surface area contributed by atoms with E-state index in [1.807, 2.05) is 18.4 Å². The van der Waals surface area contributed by atoms with E-state index in [0.717, 1.165) is 13.2 Å². The molecule has 1 N–H and O–H groups in total. The molecule has 3 rings (SSSR count). The lowest BCUT2D eigenvalue weighted by Crippen LogP contribution is -2.16. The summed E-state index contributed by atoms with van der Waals surface area (Å²) in [6.07, 6.45) is 0. The van der Waals surface area contributed by atoms with Crippen molar-refractivity contribution in [3.8, 4) is 0 Å². The SMILES string of the molecule is CNC(c1ccc2c(c1)COC2)c1cc(C)c(C)s1. The average Bonchev–Trinajstić information content (AvgIpc) is 2.98. The van der Waals surface area contributed by atoms with Crippen LogP contribution in [0.25, 0.3) is 0 Å². The lowest BCUT2D eigenvalue weighted by atomic mass is 10.00. The maximum atomic E-state index is 5.49. The molecule has 1 atom stereocenters. The van der Waals surface area contributed by atoms with Crippen molar-refractivity contribution in [2.45, 2.75) is 33.1 Å². The van der Waals surface area contributed by atoms with Gasteiger partial charge in [0.15, 0.2) is 0 Å². The molecule has 0 spiro atoms. The van der Waals surface area contributed by atoms with Crippen LogP contribution in [-0.2, 0) is 18.0 Å². The maximum Gasteiger partial charge on any atom is 0.0725 e. The Balaban J connectivity index is 1.98. The van der Waals surface area contributed by atoms with Gasteiger partial charge >= 0.3 is 0 Å². The van der Waals surface area contributed by atoms with Gasteiger partial charge in [-0.1, -0.05) is 18.2 Å². The summed E-state index contributed by atoms with van der Waals surface area (Å²) in [5.41, 5.74) is 5.37. The van der Waals surface area contributed by atoms with Gasteiger partial charge in [-0.05, 0) is 49.2 Å². The summed E-state index contributed by atoms with van der Waals surface area (Å²) < 4.78 is 5.49. The summed E-state index contributed by atoms with van der Waals surface area (Å²) in [7, 11) is 2.03. The number of benzene rings is 1. The zero-order valence-electron chi connectivity index (χ0n) is 11.6. The van der Waals surface area contributed by atoms with Gasteiger partial charge in [-0.25, -0.2) is 0 Å². The molecule has 0 aliphatic carbocycles. The maximum absolute atomic E-state index is 5.49. The first-order chi connectivity index (χ1) is 9.19. The minimum absolute atomic E-state index is 0.281. The summed E-state index contributed by atoms with van der Waals surface area (Å²) in [6.45, 7) is 5.88. The van der Waals surface area contributed by atoms with E-state index in [4.69, 9.17) is 4.74 Å².